The van der Waals surface area contributed by atoms with Gasteiger partial charge >= 0.3 is 0 Å². The Morgan fingerprint density at radius 3 is 2.53 bits per heavy atom. The van der Waals surface area contributed by atoms with E-state index in [1.54, 1.807) is 29.2 Å². The van der Waals surface area contributed by atoms with E-state index >= 15 is 0 Å². The Morgan fingerprint density at radius 1 is 1.20 bits per heavy atom. The van der Waals surface area contributed by atoms with E-state index in [-0.39, 0.29) is 23.0 Å². The number of hydrogen-bond acceptors (Lipinski definition) is 3. The van der Waals surface area contributed by atoms with Crippen molar-refractivity contribution in [2.45, 2.75) is 59.7 Å². The summed E-state index contributed by atoms with van der Waals surface area (Å²) in [6.45, 7) is 8.67. The summed E-state index contributed by atoms with van der Waals surface area (Å²) in [6.07, 6.45) is 0.378. The van der Waals surface area contributed by atoms with Crippen molar-refractivity contribution in [3.05, 3.63) is 59.4 Å². The minimum Gasteiger partial charge on any atom is -0.480 e. The second-order valence-corrected chi connectivity index (χ2v) is 8.94. The summed E-state index contributed by atoms with van der Waals surface area (Å²) in [6, 6.07) is 11.6. The van der Waals surface area contributed by atoms with E-state index in [0.29, 0.717) is 37.4 Å². The number of rotatable bonds is 5. The minimum absolute atomic E-state index is 0.0531. The molecule has 0 bridgehead atoms. The first kappa shape index (κ1) is 21.8. The van der Waals surface area contributed by atoms with Gasteiger partial charge in [0.05, 0.1) is 0 Å². The van der Waals surface area contributed by atoms with Crippen LogP contribution in [0.15, 0.2) is 42.5 Å². The molecule has 1 aliphatic rings. The topological polar surface area (TPSA) is 58.6 Å². The Bertz CT molecular complexity index is 919. The maximum atomic E-state index is 13.2. The maximum absolute atomic E-state index is 13.2. The lowest BCUT2D eigenvalue weighted by Crippen LogP contribution is -2.38. The summed E-state index contributed by atoms with van der Waals surface area (Å²) in [5, 5.41) is 2.94. The number of amides is 2. The molecule has 0 unspecified atom stereocenters. The lowest BCUT2D eigenvalue weighted by atomic mass is 9.92. The Morgan fingerprint density at radius 2 is 1.90 bits per heavy atom. The molecule has 2 aromatic carbocycles. The molecule has 0 saturated heterocycles. The van der Waals surface area contributed by atoms with E-state index in [2.05, 4.69) is 5.32 Å². The van der Waals surface area contributed by atoms with Crippen LogP contribution >= 0.6 is 0 Å². The molecule has 30 heavy (non-hydrogen) atoms. The molecule has 0 fully saturated rings. The molecule has 2 aromatic rings. The average molecular weight is 413 g/mol. The lowest BCUT2D eigenvalue weighted by molar-refractivity contribution is -0.139. The third-order valence-electron chi connectivity index (χ3n) is 4.91. The van der Waals surface area contributed by atoms with Crippen molar-refractivity contribution in [2.75, 3.05) is 5.32 Å². The van der Waals surface area contributed by atoms with E-state index in [1.165, 1.54) is 12.1 Å². The first-order valence-corrected chi connectivity index (χ1v) is 10.3. The predicted octanol–water partition coefficient (Wildman–Crippen LogP) is 4.90. The molecule has 6 heteroatoms. The predicted molar refractivity (Wildman–Crippen MR) is 115 cm³/mol. The van der Waals surface area contributed by atoms with Gasteiger partial charge in [-0.2, -0.15) is 0 Å². The lowest BCUT2D eigenvalue weighted by Gasteiger charge is -2.23. The summed E-state index contributed by atoms with van der Waals surface area (Å²) in [5.74, 6) is 0.182. The van der Waals surface area contributed by atoms with Gasteiger partial charge in [-0.25, -0.2) is 4.39 Å². The number of carbonyl (C=O) groups excluding carboxylic acids is 2. The van der Waals surface area contributed by atoms with Gasteiger partial charge in [-0.1, -0.05) is 39.8 Å². The SMILES string of the molecule is CC[C@H]1Oc2ccc(NC(=O)CC(C)(C)C)cc2CN(Cc2ccc(F)cc2)C1=O. The Balaban J connectivity index is 1.83. The zero-order chi connectivity index (χ0) is 21.9. The zero-order valence-corrected chi connectivity index (χ0v) is 18.0. The molecule has 0 radical (unpaired) electrons. The van der Waals surface area contributed by atoms with Gasteiger partial charge in [-0.3, -0.25) is 9.59 Å². The highest BCUT2D eigenvalue weighted by Crippen LogP contribution is 2.30. The molecule has 0 spiro atoms. The molecule has 1 N–H and O–H groups in total. The van der Waals surface area contributed by atoms with E-state index in [1.807, 2.05) is 33.8 Å². The van der Waals surface area contributed by atoms with Crippen LogP contribution in [-0.2, 0) is 22.7 Å². The molecule has 160 valence electrons. The van der Waals surface area contributed by atoms with Crippen molar-refractivity contribution in [1.29, 1.82) is 0 Å². The van der Waals surface area contributed by atoms with Crippen LogP contribution in [0.5, 0.6) is 5.75 Å². The van der Waals surface area contributed by atoms with Gasteiger partial charge in [0.2, 0.25) is 5.91 Å². The van der Waals surface area contributed by atoms with Crippen LogP contribution in [-0.4, -0.2) is 22.8 Å². The molecule has 0 aromatic heterocycles. The van der Waals surface area contributed by atoms with E-state index in [0.717, 1.165) is 11.1 Å². The zero-order valence-electron chi connectivity index (χ0n) is 18.0. The van der Waals surface area contributed by atoms with Gasteiger partial charge < -0.3 is 15.0 Å². The van der Waals surface area contributed by atoms with Crippen LogP contribution in [0.3, 0.4) is 0 Å². The molecular formula is C24H29FN2O3. The molecule has 0 aliphatic carbocycles. The first-order chi connectivity index (χ1) is 14.1. The smallest absolute Gasteiger partial charge is 0.264 e. The molecule has 3 rings (SSSR count). The Kier molecular flexibility index (Phi) is 6.44. The molecule has 0 saturated carbocycles. The standard InChI is InChI=1S/C24H29FN2O3/c1-5-20-23(29)27(14-16-6-8-18(25)9-7-16)15-17-12-19(10-11-21(17)30-20)26-22(28)13-24(2,3)4/h6-12,20H,5,13-15H2,1-4H3,(H,26,28)/t20-/m1/s1. The van der Waals surface area contributed by atoms with Crippen LogP contribution in [0.25, 0.3) is 0 Å². The van der Waals surface area contributed by atoms with E-state index < -0.39 is 6.10 Å². The van der Waals surface area contributed by atoms with Crippen molar-refractivity contribution in [3.63, 3.8) is 0 Å². The summed E-state index contributed by atoms with van der Waals surface area (Å²) >= 11 is 0. The quantitative estimate of drug-likeness (QED) is 0.760. The molecule has 5 nitrogen and oxygen atoms in total. The number of ether oxygens (including phenoxy) is 1. The van der Waals surface area contributed by atoms with Gasteiger partial charge in [-0.05, 0) is 47.7 Å². The van der Waals surface area contributed by atoms with Crippen LogP contribution in [0.2, 0.25) is 0 Å². The fourth-order valence-corrected chi connectivity index (χ4v) is 3.48. The molecule has 1 heterocycles. The number of fused-ring (bicyclic) bond motifs is 1. The normalized spacial score (nSPS) is 16.5. The third kappa shape index (κ3) is 5.59. The van der Waals surface area contributed by atoms with Gasteiger partial charge in [0.15, 0.2) is 6.10 Å². The third-order valence-corrected chi connectivity index (χ3v) is 4.91. The maximum Gasteiger partial charge on any atom is 0.264 e. The van der Waals surface area contributed by atoms with Crippen LogP contribution < -0.4 is 10.1 Å². The highest BCUT2D eigenvalue weighted by molar-refractivity contribution is 5.91. The van der Waals surface area contributed by atoms with Gasteiger partial charge in [0.25, 0.3) is 5.91 Å². The summed E-state index contributed by atoms with van der Waals surface area (Å²) in [5.41, 5.74) is 2.24. The number of halogens is 1. The molecular weight excluding hydrogens is 383 g/mol. The minimum atomic E-state index is -0.576. The van der Waals surface area contributed by atoms with Crippen molar-refractivity contribution in [1.82, 2.24) is 4.90 Å². The number of hydrogen-bond donors (Lipinski definition) is 1. The van der Waals surface area contributed by atoms with E-state index in [9.17, 15) is 14.0 Å². The fraction of sp³-hybridized carbons (Fsp3) is 0.417. The Labute approximate surface area is 177 Å². The van der Waals surface area contributed by atoms with Crippen molar-refractivity contribution < 1.29 is 18.7 Å². The van der Waals surface area contributed by atoms with Crippen molar-refractivity contribution >= 4 is 17.5 Å². The monoisotopic (exact) mass is 412 g/mol. The second kappa shape index (κ2) is 8.86. The molecule has 1 aliphatic heterocycles. The number of nitrogens with one attached hydrogen (secondary N) is 1. The van der Waals surface area contributed by atoms with Crippen LogP contribution in [0.4, 0.5) is 10.1 Å². The highest BCUT2D eigenvalue weighted by Gasteiger charge is 2.30. The Hall–Kier alpha value is -2.89. The van der Waals surface area contributed by atoms with Crippen molar-refractivity contribution in [3.8, 4) is 5.75 Å². The van der Waals surface area contributed by atoms with Crippen LogP contribution in [0.1, 0.15) is 51.7 Å². The second-order valence-electron chi connectivity index (χ2n) is 8.94. The summed E-state index contributed by atoms with van der Waals surface area (Å²) in [7, 11) is 0. The number of carbonyl (C=O) groups is 2. The largest absolute Gasteiger partial charge is 0.480 e. The summed E-state index contributed by atoms with van der Waals surface area (Å²) in [4.78, 5) is 27.0. The molecule has 2 amide bonds. The van der Waals surface area contributed by atoms with E-state index in [4.69, 9.17) is 4.74 Å². The number of benzene rings is 2. The first-order valence-electron chi connectivity index (χ1n) is 10.3. The number of nitrogens with zero attached hydrogens (tertiary/aromatic N) is 1. The number of anilines is 1. The van der Waals surface area contributed by atoms with Gasteiger partial charge in [-0.15, -0.1) is 0 Å². The molecule has 1 atom stereocenters. The van der Waals surface area contributed by atoms with Crippen molar-refractivity contribution in [2.24, 2.45) is 5.41 Å². The summed E-state index contributed by atoms with van der Waals surface area (Å²) < 4.78 is 19.2. The van der Waals surface area contributed by atoms with Gasteiger partial charge in [0.1, 0.15) is 11.6 Å². The highest BCUT2D eigenvalue weighted by atomic mass is 19.1. The van der Waals surface area contributed by atoms with Gasteiger partial charge in [0, 0.05) is 30.8 Å². The average Bonchev–Trinajstić information content (AvgIpc) is 2.78. The van der Waals surface area contributed by atoms with Crippen LogP contribution in [0, 0.1) is 11.2 Å². The fourth-order valence-electron chi connectivity index (χ4n) is 3.48.